The highest BCUT2D eigenvalue weighted by atomic mass is 16.4. The molecule has 0 saturated carbocycles. The molecule has 0 aliphatic heterocycles. The fraction of sp³-hybridized carbons (Fsp3) is 0. The Morgan fingerprint density at radius 1 is 1.36 bits per heavy atom. The minimum absolute atomic E-state index is 0.600. The van der Waals surface area contributed by atoms with Crippen molar-refractivity contribution in [2.24, 2.45) is 0 Å². The average Bonchev–Trinajstić information content (AvgIpc) is 2.58. The van der Waals surface area contributed by atoms with E-state index in [0.717, 1.165) is 5.39 Å². The van der Waals surface area contributed by atoms with Crippen molar-refractivity contribution < 1.29 is 14.3 Å². The van der Waals surface area contributed by atoms with Crippen molar-refractivity contribution in [2.75, 3.05) is 0 Å². The number of aliphatic carboxylic acids is 1. The van der Waals surface area contributed by atoms with Crippen LogP contribution in [0.1, 0.15) is 5.56 Å². The number of hydrogen-bond donors (Lipinski definition) is 1. The van der Waals surface area contributed by atoms with Gasteiger partial charge < -0.3 is 9.52 Å². The maximum absolute atomic E-state index is 10.2. The highest BCUT2D eigenvalue weighted by molar-refractivity contribution is 5.90. The predicted molar refractivity (Wildman–Crippen MR) is 50.7 cm³/mol. The summed E-state index contributed by atoms with van der Waals surface area (Å²) >= 11 is 0. The van der Waals surface area contributed by atoms with E-state index in [1.807, 2.05) is 24.1 Å². The summed E-state index contributed by atoms with van der Waals surface area (Å²) in [7, 11) is 0. The van der Waals surface area contributed by atoms with Gasteiger partial charge in [-0.2, -0.15) is 0 Å². The molecule has 0 atom stereocenters. The summed E-state index contributed by atoms with van der Waals surface area (Å²) in [6.45, 7) is 0. The van der Waals surface area contributed by atoms with Crippen molar-refractivity contribution in [1.82, 2.24) is 0 Å². The van der Waals surface area contributed by atoms with Crippen LogP contribution in [0, 0.1) is 11.8 Å². The van der Waals surface area contributed by atoms with Gasteiger partial charge in [0.25, 0.3) is 0 Å². The zero-order valence-electron chi connectivity index (χ0n) is 7.15. The van der Waals surface area contributed by atoms with Gasteiger partial charge in [-0.1, -0.05) is 18.1 Å². The molecule has 68 valence electrons. The summed E-state index contributed by atoms with van der Waals surface area (Å²) in [5.41, 5.74) is 1.31. The minimum Gasteiger partial charge on any atom is -0.472 e. The monoisotopic (exact) mass is 186 g/mol. The molecule has 0 radical (unpaired) electrons. The molecule has 0 aliphatic rings. The lowest BCUT2D eigenvalue weighted by atomic mass is 10.2. The van der Waals surface area contributed by atoms with Crippen molar-refractivity contribution in [1.29, 1.82) is 0 Å². The molecule has 14 heavy (non-hydrogen) atoms. The summed E-state index contributed by atoms with van der Waals surface area (Å²) in [5.74, 6) is 3.43. The number of furan rings is 1. The van der Waals surface area contributed by atoms with Crippen LogP contribution in [0.4, 0.5) is 0 Å². The Morgan fingerprint density at radius 3 is 2.93 bits per heavy atom. The van der Waals surface area contributed by atoms with Crippen LogP contribution < -0.4 is 0 Å². The molecule has 0 amide bonds. The van der Waals surface area contributed by atoms with Crippen LogP contribution in [0.3, 0.4) is 0 Å². The Hall–Kier alpha value is -2.21. The van der Waals surface area contributed by atoms with Crippen molar-refractivity contribution >= 4 is 16.9 Å². The molecule has 1 heterocycles. The zero-order valence-corrected chi connectivity index (χ0v) is 7.15. The Balaban J connectivity index is 2.55. The van der Waals surface area contributed by atoms with E-state index in [1.54, 1.807) is 6.07 Å². The quantitative estimate of drug-likeness (QED) is 0.639. The lowest BCUT2D eigenvalue weighted by Crippen LogP contribution is -1.86. The molecule has 0 spiro atoms. The van der Waals surface area contributed by atoms with Crippen LogP contribution in [0.2, 0.25) is 0 Å². The number of carbonyl (C=O) groups is 1. The Morgan fingerprint density at radius 2 is 2.14 bits per heavy atom. The molecule has 2 rings (SSSR count). The van der Waals surface area contributed by atoms with E-state index in [0.29, 0.717) is 11.1 Å². The average molecular weight is 186 g/mol. The van der Waals surface area contributed by atoms with E-state index in [4.69, 9.17) is 9.52 Å². The molecular formula is C11H6O3. The Bertz CT molecular complexity index is 540. The molecular weight excluding hydrogens is 180 g/mol. The third-order valence-corrected chi connectivity index (χ3v) is 1.79. The topological polar surface area (TPSA) is 50.4 Å². The van der Waals surface area contributed by atoms with Gasteiger partial charge in [-0.3, -0.25) is 0 Å². The summed E-state index contributed by atoms with van der Waals surface area (Å²) in [5, 5.41) is 9.21. The second-order valence-electron chi connectivity index (χ2n) is 2.70. The third-order valence-electron chi connectivity index (χ3n) is 1.79. The largest absolute Gasteiger partial charge is 0.472 e. The lowest BCUT2D eigenvalue weighted by Gasteiger charge is -1.85. The Labute approximate surface area is 80.0 Å². The van der Waals surface area contributed by atoms with E-state index in [-0.39, 0.29) is 0 Å². The maximum Gasteiger partial charge on any atom is 0.382 e. The molecule has 0 bridgehead atoms. The van der Waals surface area contributed by atoms with Crippen LogP contribution in [-0.4, -0.2) is 11.1 Å². The molecule has 0 saturated heterocycles. The fourth-order valence-electron chi connectivity index (χ4n) is 1.20. The Kier molecular flexibility index (Phi) is 1.96. The number of fused-ring (bicyclic) bond motifs is 1. The molecule has 2 aromatic rings. The first-order chi connectivity index (χ1) is 6.77. The first-order valence-corrected chi connectivity index (χ1v) is 3.98. The number of para-hydroxylation sites is 1. The van der Waals surface area contributed by atoms with Gasteiger partial charge in [0.05, 0.1) is 5.56 Å². The molecule has 0 unspecified atom stereocenters. The normalized spacial score (nSPS) is 9.43. The van der Waals surface area contributed by atoms with Gasteiger partial charge in [0.2, 0.25) is 0 Å². The van der Waals surface area contributed by atoms with Gasteiger partial charge in [-0.05, 0) is 12.1 Å². The van der Waals surface area contributed by atoms with Crippen LogP contribution in [0.25, 0.3) is 11.0 Å². The van der Waals surface area contributed by atoms with E-state index in [9.17, 15) is 4.79 Å². The van der Waals surface area contributed by atoms with Crippen molar-refractivity contribution in [2.45, 2.75) is 0 Å². The second kappa shape index (κ2) is 3.27. The molecule has 0 fully saturated rings. The van der Waals surface area contributed by atoms with E-state index in [2.05, 4.69) is 5.92 Å². The number of benzene rings is 1. The summed E-state index contributed by atoms with van der Waals surface area (Å²) < 4.78 is 5.19. The standard InChI is InChI=1S/C11H6O3/c12-11(13)6-5-8-7-14-10-4-2-1-3-9(8)10/h1-4,7H,(H,12,13). The van der Waals surface area contributed by atoms with Crippen molar-refractivity contribution in [3.63, 3.8) is 0 Å². The van der Waals surface area contributed by atoms with Gasteiger partial charge in [0.15, 0.2) is 0 Å². The molecule has 1 aromatic heterocycles. The molecule has 3 nitrogen and oxygen atoms in total. The minimum atomic E-state index is -1.14. The second-order valence-corrected chi connectivity index (χ2v) is 2.70. The van der Waals surface area contributed by atoms with E-state index >= 15 is 0 Å². The van der Waals surface area contributed by atoms with Gasteiger partial charge in [0, 0.05) is 11.3 Å². The first-order valence-electron chi connectivity index (χ1n) is 3.98. The van der Waals surface area contributed by atoms with Crippen LogP contribution in [0.15, 0.2) is 34.9 Å². The van der Waals surface area contributed by atoms with Crippen LogP contribution in [-0.2, 0) is 4.79 Å². The SMILES string of the molecule is O=C(O)C#Cc1coc2ccccc12. The lowest BCUT2D eigenvalue weighted by molar-refractivity contribution is -0.130. The van der Waals surface area contributed by atoms with Crippen molar-refractivity contribution in [3.05, 3.63) is 36.1 Å². The van der Waals surface area contributed by atoms with Crippen LogP contribution in [0.5, 0.6) is 0 Å². The molecule has 3 heteroatoms. The number of rotatable bonds is 0. The summed E-state index contributed by atoms with van der Waals surface area (Å²) in [6, 6.07) is 7.34. The number of hydrogen-bond acceptors (Lipinski definition) is 2. The maximum atomic E-state index is 10.2. The van der Waals surface area contributed by atoms with E-state index < -0.39 is 5.97 Å². The molecule has 0 aliphatic carbocycles. The first kappa shape index (κ1) is 8.39. The highest BCUT2D eigenvalue weighted by Gasteiger charge is 2.01. The van der Waals surface area contributed by atoms with Crippen molar-refractivity contribution in [3.8, 4) is 11.8 Å². The molecule has 1 aromatic carbocycles. The number of carboxylic acids is 1. The van der Waals surface area contributed by atoms with Gasteiger partial charge in [-0.25, -0.2) is 4.79 Å². The zero-order chi connectivity index (χ0) is 9.97. The smallest absolute Gasteiger partial charge is 0.382 e. The van der Waals surface area contributed by atoms with Gasteiger partial charge >= 0.3 is 5.97 Å². The van der Waals surface area contributed by atoms with Gasteiger partial charge in [-0.15, -0.1) is 0 Å². The van der Waals surface area contributed by atoms with E-state index in [1.165, 1.54) is 6.26 Å². The summed E-state index contributed by atoms with van der Waals surface area (Å²) in [4.78, 5) is 10.2. The van der Waals surface area contributed by atoms with Crippen LogP contribution >= 0.6 is 0 Å². The highest BCUT2D eigenvalue weighted by Crippen LogP contribution is 2.19. The van der Waals surface area contributed by atoms with Gasteiger partial charge in [0.1, 0.15) is 11.8 Å². The number of carboxylic acid groups (broad SMARTS) is 1. The molecule has 1 N–H and O–H groups in total. The third kappa shape index (κ3) is 1.46. The fourth-order valence-corrected chi connectivity index (χ4v) is 1.20. The summed E-state index contributed by atoms with van der Waals surface area (Å²) in [6.07, 6.45) is 1.46. The predicted octanol–water partition coefficient (Wildman–Crippen LogP) is 1.87.